The van der Waals surface area contributed by atoms with Gasteiger partial charge in [-0.05, 0) is 24.1 Å². The van der Waals surface area contributed by atoms with Gasteiger partial charge in [-0.15, -0.1) is 0 Å². The largest absolute Gasteiger partial charge is 0.311 e. The van der Waals surface area contributed by atoms with Crippen molar-refractivity contribution in [2.45, 2.75) is 25.8 Å². The van der Waals surface area contributed by atoms with Gasteiger partial charge in [0.05, 0.1) is 17.3 Å². The van der Waals surface area contributed by atoms with E-state index in [4.69, 9.17) is 11.6 Å². The second-order valence-electron chi connectivity index (χ2n) is 6.19. The third-order valence-electron chi connectivity index (χ3n) is 4.52. The maximum atomic E-state index is 12.3. The zero-order chi connectivity index (χ0) is 17.4. The minimum Gasteiger partial charge on any atom is -0.311 e. The topological polar surface area (TPSA) is 59.8 Å². The number of carbonyl (C=O) groups excluding carboxylic acids is 1. The first-order chi connectivity index (χ1) is 12.1. The third kappa shape index (κ3) is 2.91. The zero-order valence-corrected chi connectivity index (χ0v) is 14.5. The molecule has 1 amide bonds. The monoisotopic (exact) mass is 352 g/mol. The Morgan fingerprint density at radius 2 is 2.08 bits per heavy atom. The first-order valence-corrected chi connectivity index (χ1v) is 8.51. The number of amides is 1. The molecule has 1 aliphatic rings. The molecular formula is C19H17ClN4O. The van der Waals surface area contributed by atoms with Gasteiger partial charge in [0.15, 0.2) is 0 Å². The number of halogens is 1. The van der Waals surface area contributed by atoms with E-state index in [1.54, 1.807) is 12.4 Å². The van der Waals surface area contributed by atoms with E-state index in [1.807, 2.05) is 48.0 Å². The van der Waals surface area contributed by atoms with Crippen LogP contribution in [0, 0.1) is 6.92 Å². The van der Waals surface area contributed by atoms with Crippen molar-refractivity contribution in [3.63, 3.8) is 0 Å². The molecule has 5 nitrogen and oxygen atoms in total. The average Bonchev–Trinajstić information content (AvgIpc) is 2.91. The van der Waals surface area contributed by atoms with Crippen LogP contribution in [-0.2, 0) is 11.3 Å². The van der Waals surface area contributed by atoms with Crippen LogP contribution in [0.5, 0.6) is 0 Å². The number of fused-ring (bicyclic) bond motifs is 1. The summed E-state index contributed by atoms with van der Waals surface area (Å²) in [6, 6.07) is 11.9. The molecule has 1 unspecified atom stereocenters. The number of nitrogens with one attached hydrogen (secondary N) is 1. The van der Waals surface area contributed by atoms with E-state index in [9.17, 15) is 4.79 Å². The summed E-state index contributed by atoms with van der Waals surface area (Å²) in [6.07, 6.45) is 3.68. The van der Waals surface area contributed by atoms with E-state index in [1.165, 1.54) is 0 Å². The Hall–Kier alpha value is -2.66. The minimum absolute atomic E-state index is 0.0282. The van der Waals surface area contributed by atoms with E-state index >= 15 is 0 Å². The highest BCUT2D eigenvalue weighted by atomic mass is 35.5. The highest BCUT2D eigenvalue weighted by molar-refractivity contribution is 6.31. The number of hydrogen-bond donors (Lipinski definition) is 1. The molecule has 25 heavy (non-hydrogen) atoms. The lowest BCUT2D eigenvalue weighted by Gasteiger charge is -2.25. The van der Waals surface area contributed by atoms with Crippen LogP contribution in [0.25, 0.3) is 0 Å². The molecule has 0 fully saturated rings. The minimum atomic E-state index is -0.108. The van der Waals surface area contributed by atoms with Gasteiger partial charge in [-0.2, -0.15) is 5.10 Å². The fourth-order valence-electron chi connectivity index (χ4n) is 3.42. The molecular weight excluding hydrogens is 336 g/mol. The van der Waals surface area contributed by atoms with Crippen LogP contribution >= 0.6 is 11.6 Å². The number of aromatic nitrogens is 3. The Labute approximate surface area is 150 Å². The van der Waals surface area contributed by atoms with Crippen molar-refractivity contribution in [1.29, 1.82) is 0 Å². The van der Waals surface area contributed by atoms with Crippen molar-refractivity contribution >= 4 is 23.3 Å². The number of nitrogens with zero attached hydrogens (tertiary/aromatic N) is 3. The highest BCUT2D eigenvalue weighted by Gasteiger charge is 2.33. The summed E-state index contributed by atoms with van der Waals surface area (Å²) < 4.78 is 1.86. The smallest absolute Gasteiger partial charge is 0.226 e. The van der Waals surface area contributed by atoms with Crippen LogP contribution in [0.4, 0.5) is 5.82 Å². The van der Waals surface area contributed by atoms with Crippen LogP contribution < -0.4 is 5.32 Å². The summed E-state index contributed by atoms with van der Waals surface area (Å²) in [4.78, 5) is 16.4. The SMILES string of the molecule is Cc1nn(Cc2ccccc2)c2c1C(c1ccncc1Cl)CC(=O)N2. The van der Waals surface area contributed by atoms with Crippen molar-refractivity contribution < 1.29 is 4.79 Å². The van der Waals surface area contributed by atoms with Gasteiger partial charge in [-0.25, -0.2) is 4.68 Å². The second-order valence-corrected chi connectivity index (χ2v) is 6.60. The molecule has 3 aromatic rings. The van der Waals surface area contributed by atoms with Crippen molar-refractivity contribution in [2.24, 2.45) is 0 Å². The number of aryl methyl sites for hydroxylation is 1. The molecule has 0 spiro atoms. The van der Waals surface area contributed by atoms with Crippen LogP contribution in [0.1, 0.15) is 34.7 Å². The standard InChI is InChI=1S/C19H17ClN4O/c1-12-18-15(14-7-8-21-10-16(14)20)9-17(25)22-19(18)24(23-12)11-13-5-3-2-4-6-13/h2-8,10,15H,9,11H2,1H3,(H,22,25). The molecule has 4 rings (SSSR count). The fourth-order valence-corrected chi connectivity index (χ4v) is 3.67. The van der Waals surface area contributed by atoms with Gasteiger partial charge in [0.1, 0.15) is 5.82 Å². The normalized spacial score (nSPS) is 16.4. The molecule has 126 valence electrons. The van der Waals surface area contributed by atoms with Gasteiger partial charge in [0, 0.05) is 30.3 Å². The Morgan fingerprint density at radius 3 is 2.84 bits per heavy atom. The molecule has 0 saturated carbocycles. The predicted molar refractivity (Wildman–Crippen MR) is 96.8 cm³/mol. The second kappa shape index (κ2) is 6.33. The van der Waals surface area contributed by atoms with Gasteiger partial charge in [-0.3, -0.25) is 9.78 Å². The van der Waals surface area contributed by atoms with Crippen LogP contribution in [0.2, 0.25) is 5.02 Å². The molecule has 0 bridgehead atoms. The number of pyridine rings is 1. The highest BCUT2D eigenvalue weighted by Crippen LogP contribution is 2.41. The molecule has 1 aromatic carbocycles. The number of carbonyl (C=O) groups is 1. The summed E-state index contributed by atoms with van der Waals surface area (Å²) in [5.41, 5.74) is 3.98. The van der Waals surface area contributed by atoms with E-state index in [2.05, 4.69) is 15.4 Å². The van der Waals surface area contributed by atoms with Gasteiger partial charge in [0.2, 0.25) is 5.91 Å². The number of anilines is 1. The Bertz CT molecular complexity index is 936. The van der Waals surface area contributed by atoms with E-state index in [0.29, 0.717) is 18.0 Å². The zero-order valence-electron chi connectivity index (χ0n) is 13.7. The van der Waals surface area contributed by atoms with Gasteiger partial charge in [-0.1, -0.05) is 41.9 Å². The predicted octanol–water partition coefficient (Wildman–Crippen LogP) is 3.76. The van der Waals surface area contributed by atoms with Crippen LogP contribution in [0.3, 0.4) is 0 Å². The summed E-state index contributed by atoms with van der Waals surface area (Å²) in [6.45, 7) is 2.58. The number of benzene rings is 1. The first-order valence-electron chi connectivity index (χ1n) is 8.14. The Balaban J connectivity index is 1.80. The molecule has 0 saturated heterocycles. The van der Waals surface area contributed by atoms with Gasteiger partial charge < -0.3 is 5.32 Å². The van der Waals surface area contributed by atoms with Crippen molar-refractivity contribution in [3.8, 4) is 0 Å². The van der Waals surface area contributed by atoms with Crippen molar-refractivity contribution in [2.75, 3.05) is 5.32 Å². The molecule has 3 heterocycles. The molecule has 1 atom stereocenters. The Kier molecular flexibility index (Phi) is 4.01. The summed E-state index contributed by atoms with van der Waals surface area (Å²) in [5.74, 6) is 0.624. The number of rotatable bonds is 3. The quantitative estimate of drug-likeness (QED) is 0.780. The molecule has 0 radical (unpaired) electrons. The van der Waals surface area contributed by atoms with Gasteiger partial charge >= 0.3 is 0 Å². The van der Waals surface area contributed by atoms with Crippen LogP contribution in [-0.4, -0.2) is 20.7 Å². The third-order valence-corrected chi connectivity index (χ3v) is 4.84. The average molecular weight is 353 g/mol. The van der Waals surface area contributed by atoms with Crippen molar-refractivity contribution in [3.05, 3.63) is 76.2 Å². The lowest BCUT2D eigenvalue weighted by molar-refractivity contribution is -0.116. The molecule has 1 aliphatic heterocycles. The first kappa shape index (κ1) is 15.8. The van der Waals surface area contributed by atoms with E-state index in [-0.39, 0.29) is 11.8 Å². The molecule has 6 heteroatoms. The van der Waals surface area contributed by atoms with Crippen LogP contribution in [0.15, 0.2) is 48.8 Å². The summed E-state index contributed by atoms with van der Waals surface area (Å²) >= 11 is 6.34. The molecule has 1 N–H and O–H groups in total. The Morgan fingerprint density at radius 1 is 1.28 bits per heavy atom. The lowest BCUT2D eigenvalue weighted by atomic mass is 9.86. The summed E-state index contributed by atoms with van der Waals surface area (Å²) in [7, 11) is 0. The van der Waals surface area contributed by atoms with Crippen molar-refractivity contribution in [1.82, 2.24) is 14.8 Å². The van der Waals surface area contributed by atoms with E-state index < -0.39 is 0 Å². The van der Waals surface area contributed by atoms with Gasteiger partial charge in [0.25, 0.3) is 0 Å². The summed E-state index contributed by atoms with van der Waals surface area (Å²) in [5, 5.41) is 8.23. The molecule has 2 aromatic heterocycles. The lowest BCUT2D eigenvalue weighted by Crippen LogP contribution is -2.25. The molecule has 0 aliphatic carbocycles. The number of hydrogen-bond acceptors (Lipinski definition) is 3. The van der Waals surface area contributed by atoms with E-state index in [0.717, 1.165) is 28.2 Å². The fraction of sp³-hybridized carbons (Fsp3) is 0.211. The maximum absolute atomic E-state index is 12.3. The maximum Gasteiger partial charge on any atom is 0.226 e.